The van der Waals surface area contributed by atoms with Gasteiger partial charge in [-0.05, 0) is 24.3 Å². The molecule has 0 bridgehead atoms. The highest BCUT2D eigenvalue weighted by atomic mass is 19.2. The Morgan fingerprint density at radius 2 is 1.50 bits per heavy atom. The summed E-state index contributed by atoms with van der Waals surface area (Å²) >= 11 is 0. The number of rotatable bonds is 0. The van der Waals surface area contributed by atoms with Gasteiger partial charge in [0, 0.05) is 5.39 Å². The summed E-state index contributed by atoms with van der Waals surface area (Å²) in [6, 6.07) is 3.68. The van der Waals surface area contributed by atoms with Crippen LogP contribution in [0.15, 0.2) is 24.3 Å². The summed E-state index contributed by atoms with van der Waals surface area (Å²) in [5, 5.41) is 10.4. The Balaban J connectivity index is 3.01. The summed E-state index contributed by atoms with van der Waals surface area (Å²) in [5.74, 6) is -3.95. The summed E-state index contributed by atoms with van der Waals surface area (Å²) in [4.78, 5) is 0. The average molecular weight is 197 g/mol. The van der Waals surface area contributed by atoms with Gasteiger partial charge in [-0.1, -0.05) is 0 Å². The fourth-order valence-electron chi connectivity index (χ4n) is 1.31. The third-order valence-electron chi connectivity index (χ3n) is 1.98. The van der Waals surface area contributed by atoms with E-state index in [-0.39, 0.29) is 5.39 Å². The van der Waals surface area contributed by atoms with Crippen molar-refractivity contribution in [1.82, 2.24) is 0 Å². The largest absolute Gasteiger partial charge is 0.289 e. The van der Waals surface area contributed by atoms with E-state index in [9.17, 15) is 18.3 Å². The molecule has 0 aliphatic rings. The van der Waals surface area contributed by atoms with Crippen molar-refractivity contribution in [3.63, 3.8) is 0 Å². The van der Waals surface area contributed by atoms with Crippen LogP contribution >= 0.6 is 0 Å². The third kappa shape index (κ3) is 1.11. The van der Waals surface area contributed by atoms with E-state index in [4.69, 9.17) is 0 Å². The van der Waals surface area contributed by atoms with E-state index in [0.29, 0.717) is 0 Å². The molecule has 0 atom stereocenters. The van der Waals surface area contributed by atoms with Crippen molar-refractivity contribution < 1.29 is 18.3 Å². The topological polar surface area (TPSA) is 19.9 Å². The Bertz CT molecular complexity index is 508. The zero-order valence-electron chi connectivity index (χ0n) is 6.85. The Hall–Kier alpha value is -1.71. The summed E-state index contributed by atoms with van der Waals surface area (Å²) in [5.41, 5.74) is 0. The van der Waals surface area contributed by atoms with Crippen molar-refractivity contribution in [3.8, 4) is 5.75 Å². The molecule has 14 heavy (non-hydrogen) atoms. The standard InChI is InChI=1S/C10H4F3O/c11-6-3-4-8(14)5-1-2-7(12)10(13)9(5)6/h1-4H. The van der Waals surface area contributed by atoms with Gasteiger partial charge < -0.3 is 0 Å². The van der Waals surface area contributed by atoms with E-state index in [2.05, 4.69) is 0 Å². The van der Waals surface area contributed by atoms with Crippen molar-refractivity contribution >= 4 is 10.8 Å². The molecule has 0 spiro atoms. The van der Waals surface area contributed by atoms with E-state index in [1.165, 1.54) is 0 Å². The molecular weight excluding hydrogens is 193 g/mol. The van der Waals surface area contributed by atoms with Crippen molar-refractivity contribution in [2.45, 2.75) is 0 Å². The van der Waals surface area contributed by atoms with Gasteiger partial charge in [-0.3, -0.25) is 5.11 Å². The lowest BCUT2D eigenvalue weighted by atomic mass is 10.1. The van der Waals surface area contributed by atoms with Gasteiger partial charge in [0.15, 0.2) is 17.4 Å². The van der Waals surface area contributed by atoms with Gasteiger partial charge in [-0.25, -0.2) is 13.2 Å². The van der Waals surface area contributed by atoms with Crippen LogP contribution in [-0.2, 0) is 5.11 Å². The zero-order chi connectivity index (χ0) is 10.3. The number of hydrogen-bond donors (Lipinski definition) is 0. The Morgan fingerprint density at radius 1 is 0.857 bits per heavy atom. The molecule has 2 rings (SSSR count). The van der Waals surface area contributed by atoms with Crippen LogP contribution in [-0.4, -0.2) is 0 Å². The molecule has 2 aromatic carbocycles. The predicted molar refractivity (Wildman–Crippen MR) is 44.0 cm³/mol. The molecule has 0 aromatic heterocycles. The minimum atomic E-state index is -1.32. The van der Waals surface area contributed by atoms with E-state index >= 15 is 0 Å². The molecule has 1 nitrogen and oxygen atoms in total. The van der Waals surface area contributed by atoms with Crippen LogP contribution < -0.4 is 0 Å². The van der Waals surface area contributed by atoms with Crippen LogP contribution in [0.5, 0.6) is 5.75 Å². The van der Waals surface area contributed by atoms with Crippen LogP contribution in [0.25, 0.3) is 10.8 Å². The molecule has 0 saturated carbocycles. The molecular formula is C10H4F3O. The lowest BCUT2D eigenvalue weighted by Gasteiger charge is -2.02. The maximum Gasteiger partial charge on any atom is 0.186 e. The molecule has 71 valence electrons. The highest BCUT2D eigenvalue weighted by Crippen LogP contribution is 2.30. The molecule has 0 heterocycles. The van der Waals surface area contributed by atoms with Crippen molar-refractivity contribution in [3.05, 3.63) is 41.7 Å². The zero-order valence-corrected chi connectivity index (χ0v) is 6.85. The molecule has 0 saturated heterocycles. The second-order valence-corrected chi connectivity index (χ2v) is 2.83. The van der Waals surface area contributed by atoms with Gasteiger partial charge in [0.25, 0.3) is 0 Å². The molecule has 0 aliphatic carbocycles. The highest BCUT2D eigenvalue weighted by Gasteiger charge is 2.14. The number of halogens is 3. The smallest absolute Gasteiger partial charge is 0.186 e. The van der Waals surface area contributed by atoms with E-state index < -0.39 is 28.6 Å². The van der Waals surface area contributed by atoms with Crippen molar-refractivity contribution in [1.29, 1.82) is 0 Å². The van der Waals surface area contributed by atoms with Crippen LogP contribution in [0.4, 0.5) is 13.2 Å². The van der Waals surface area contributed by atoms with Crippen LogP contribution in [0.3, 0.4) is 0 Å². The highest BCUT2D eigenvalue weighted by molar-refractivity contribution is 5.89. The number of hydrogen-bond acceptors (Lipinski definition) is 0. The minimum Gasteiger partial charge on any atom is -0.289 e. The molecule has 0 aliphatic heterocycles. The van der Waals surface area contributed by atoms with Crippen LogP contribution in [0, 0.1) is 17.5 Å². The van der Waals surface area contributed by atoms with Gasteiger partial charge >= 0.3 is 0 Å². The molecule has 0 unspecified atom stereocenters. The molecule has 0 amide bonds. The van der Waals surface area contributed by atoms with E-state index in [1.807, 2.05) is 0 Å². The average Bonchev–Trinajstić information content (AvgIpc) is 2.16. The molecule has 0 fully saturated rings. The first-order chi connectivity index (χ1) is 6.61. The van der Waals surface area contributed by atoms with Crippen molar-refractivity contribution in [2.75, 3.05) is 0 Å². The fourth-order valence-corrected chi connectivity index (χ4v) is 1.31. The van der Waals surface area contributed by atoms with E-state index in [1.54, 1.807) is 0 Å². The maximum absolute atomic E-state index is 13.1. The molecule has 0 N–H and O–H groups in total. The SMILES string of the molecule is [O]c1ccc(F)c2c(F)c(F)ccc12. The van der Waals surface area contributed by atoms with Gasteiger partial charge in [0.1, 0.15) is 5.82 Å². The summed E-state index contributed by atoms with van der Waals surface area (Å²) in [7, 11) is 0. The minimum absolute atomic E-state index is 0.149. The summed E-state index contributed by atoms with van der Waals surface area (Å²) in [6.45, 7) is 0. The lowest BCUT2D eigenvalue weighted by molar-refractivity contribution is 0.359. The first kappa shape index (κ1) is 8.87. The number of benzene rings is 2. The van der Waals surface area contributed by atoms with Gasteiger partial charge in [0.05, 0.1) is 5.39 Å². The first-order valence-electron chi connectivity index (χ1n) is 3.84. The Labute approximate surface area is 77.4 Å². The van der Waals surface area contributed by atoms with Crippen molar-refractivity contribution in [2.24, 2.45) is 0 Å². The second kappa shape index (κ2) is 2.90. The van der Waals surface area contributed by atoms with E-state index in [0.717, 1.165) is 24.3 Å². The third-order valence-corrected chi connectivity index (χ3v) is 1.98. The van der Waals surface area contributed by atoms with Crippen LogP contribution in [0.2, 0.25) is 0 Å². The van der Waals surface area contributed by atoms with Gasteiger partial charge in [-0.2, -0.15) is 0 Å². The fraction of sp³-hybridized carbons (Fsp3) is 0. The Morgan fingerprint density at radius 3 is 2.21 bits per heavy atom. The second-order valence-electron chi connectivity index (χ2n) is 2.83. The lowest BCUT2D eigenvalue weighted by Crippen LogP contribution is -1.89. The maximum atomic E-state index is 13.1. The monoisotopic (exact) mass is 197 g/mol. The number of fused-ring (bicyclic) bond motifs is 1. The molecule has 4 heteroatoms. The Kier molecular flexibility index (Phi) is 1.84. The first-order valence-corrected chi connectivity index (χ1v) is 3.84. The summed E-state index contributed by atoms with van der Waals surface area (Å²) < 4.78 is 38.9. The van der Waals surface area contributed by atoms with Crippen LogP contribution in [0.1, 0.15) is 0 Å². The quantitative estimate of drug-likeness (QED) is 0.616. The van der Waals surface area contributed by atoms with Gasteiger partial charge in [-0.15, -0.1) is 0 Å². The predicted octanol–water partition coefficient (Wildman–Crippen LogP) is 3.40. The normalized spacial score (nSPS) is 10.8. The van der Waals surface area contributed by atoms with Gasteiger partial charge in [0.2, 0.25) is 0 Å². The molecule has 2 aromatic rings. The summed E-state index contributed by atoms with van der Waals surface area (Å²) in [6.07, 6.45) is 0. The molecule has 1 radical (unpaired) electrons.